The summed E-state index contributed by atoms with van der Waals surface area (Å²) in [6.07, 6.45) is 5.75. The number of pyridine rings is 2. The van der Waals surface area contributed by atoms with E-state index in [4.69, 9.17) is 4.98 Å². The molecule has 0 fully saturated rings. The quantitative estimate of drug-likeness (QED) is 0.473. The third-order valence-electron chi connectivity index (χ3n) is 5.81. The summed E-state index contributed by atoms with van der Waals surface area (Å²) in [5.41, 5.74) is 8.05. The second kappa shape index (κ2) is 7.14. The number of H-pyrrole nitrogens is 1. The molecule has 0 aliphatic carbocycles. The Bertz CT molecular complexity index is 1410. The monoisotopic (exact) mass is 407 g/mol. The fourth-order valence-corrected chi connectivity index (χ4v) is 4.25. The first-order valence-electron chi connectivity index (χ1n) is 10.4. The standard InChI is InChI=1S/C24H21N7/c1-15-3-2-4-21(29-15)24-19(12-28-30-24)16-5-6-20-17(9-16)10-18(11-26-20)22-13-27-23-14-25-7-8-31(22)23/h2-6,9-13,25H,7-8,14H2,1H3,(H,28,30). The number of aromatic amines is 1. The van der Waals surface area contributed by atoms with Gasteiger partial charge in [0.2, 0.25) is 0 Å². The maximum atomic E-state index is 4.71. The molecule has 0 amide bonds. The highest BCUT2D eigenvalue weighted by Gasteiger charge is 2.16. The zero-order valence-electron chi connectivity index (χ0n) is 17.1. The SMILES string of the molecule is Cc1cccc(-c2[nH]ncc2-c2ccc3ncc(-c4cnc5n4CCNC5)cc3c2)n1. The highest BCUT2D eigenvalue weighted by Crippen LogP contribution is 2.32. The molecule has 1 aliphatic rings. The van der Waals surface area contributed by atoms with Crippen LogP contribution >= 0.6 is 0 Å². The summed E-state index contributed by atoms with van der Waals surface area (Å²) < 4.78 is 2.28. The average molecular weight is 407 g/mol. The van der Waals surface area contributed by atoms with Crippen molar-refractivity contribution in [1.82, 2.24) is 35.0 Å². The van der Waals surface area contributed by atoms with Crippen LogP contribution in [0.3, 0.4) is 0 Å². The molecule has 0 spiro atoms. The summed E-state index contributed by atoms with van der Waals surface area (Å²) in [5, 5.41) is 11.9. The highest BCUT2D eigenvalue weighted by molar-refractivity contribution is 5.89. The number of benzene rings is 1. The van der Waals surface area contributed by atoms with Gasteiger partial charge in [-0.05, 0) is 42.8 Å². The van der Waals surface area contributed by atoms with Crippen LogP contribution in [-0.4, -0.2) is 36.3 Å². The molecule has 6 rings (SSSR count). The number of fused-ring (bicyclic) bond motifs is 2. The van der Waals surface area contributed by atoms with E-state index in [1.54, 1.807) is 0 Å². The van der Waals surface area contributed by atoms with Crippen LogP contribution in [0.15, 0.2) is 61.1 Å². The van der Waals surface area contributed by atoms with Crippen molar-refractivity contribution in [3.05, 3.63) is 72.6 Å². The highest BCUT2D eigenvalue weighted by atomic mass is 15.2. The van der Waals surface area contributed by atoms with E-state index in [0.29, 0.717) is 0 Å². The van der Waals surface area contributed by atoms with Gasteiger partial charge in [0.1, 0.15) is 5.82 Å². The second-order valence-electron chi connectivity index (χ2n) is 7.84. The van der Waals surface area contributed by atoms with Crippen LogP contribution in [0.5, 0.6) is 0 Å². The molecule has 31 heavy (non-hydrogen) atoms. The van der Waals surface area contributed by atoms with E-state index in [0.717, 1.165) is 75.8 Å². The summed E-state index contributed by atoms with van der Waals surface area (Å²) in [5.74, 6) is 1.07. The van der Waals surface area contributed by atoms with Crippen LogP contribution in [0, 0.1) is 6.92 Å². The molecule has 1 aliphatic heterocycles. The Hall–Kier alpha value is -3.84. The van der Waals surface area contributed by atoms with Gasteiger partial charge in [-0.25, -0.2) is 4.98 Å². The van der Waals surface area contributed by atoms with Crippen molar-refractivity contribution < 1.29 is 0 Å². The number of aromatic nitrogens is 6. The zero-order chi connectivity index (χ0) is 20.8. The Labute approximate surface area is 179 Å². The minimum absolute atomic E-state index is 0.807. The molecule has 1 aromatic carbocycles. The van der Waals surface area contributed by atoms with Gasteiger partial charge in [-0.15, -0.1) is 0 Å². The second-order valence-corrected chi connectivity index (χ2v) is 7.84. The minimum Gasteiger partial charge on any atom is -0.326 e. The molecule has 5 aromatic rings. The third-order valence-corrected chi connectivity index (χ3v) is 5.81. The number of nitrogens with zero attached hydrogens (tertiary/aromatic N) is 5. The lowest BCUT2D eigenvalue weighted by Crippen LogP contribution is -2.28. The fraction of sp³-hybridized carbons (Fsp3) is 0.167. The van der Waals surface area contributed by atoms with Gasteiger partial charge in [-0.3, -0.25) is 15.1 Å². The molecule has 0 unspecified atom stereocenters. The Morgan fingerprint density at radius 2 is 1.90 bits per heavy atom. The molecule has 0 atom stereocenters. The fourth-order valence-electron chi connectivity index (χ4n) is 4.25. The van der Waals surface area contributed by atoms with Crippen molar-refractivity contribution in [3.63, 3.8) is 0 Å². The third kappa shape index (κ3) is 3.10. The van der Waals surface area contributed by atoms with Crippen molar-refractivity contribution in [1.29, 1.82) is 0 Å². The van der Waals surface area contributed by atoms with Crippen molar-refractivity contribution in [2.24, 2.45) is 0 Å². The van der Waals surface area contributed by atoms with Gasteiger partial charge in [-0.2, -0.15) is 5.10 Å². The molecule has 0 bridgehead atoms. The molecule has 7 nitrogen and oxygen atoms in total. The molecule has 0 saturated carbocycles. The number of aryl methyl sites for hydroxylation is 1. The largest absolute Gasteiger partial charge is 0.326 e. The summed E-state index contributed by atoms with van der Waals surface area (Å²) in [6.45, 7) is 4.68. The van der Waals surface area contributed by atoms with Gasteiger partial charge < -0.3 is 9.88 Å². The molecule has 152 valence electrons. The number of imidazole rings is 1. The molecule has 7 heteroatoms. The molecular weight excluding hydrogens is 386 g/mol. The molecule has 0 saturated heterocycles. The zero-order valence-corrected chi connectivity index (χ0v) is 17.1. The Balaban J connectivity index is 1.44. The van der Waals surface area contributed by atoms with E-state index in [9.17, 15) is 0 Å². The Kier molecular flexibility index (Phi) is 4.14. The van der Waals surface area contributed by atoms with Gasteiger partial charge >= 0.3 is 0 Å². The summed E-state index contributed by atoms with van der Waals surface area (Å²) >= 11 is 0. The Morgan fingerprint density at radius 3 is 2.84 bits per heavy atom. The van der Waals surface area contributed by atoms with Crippen LogP contribution in [0.1, 0.15) is 11.5 Å². The summed E-state index contributed by atoms with van der Waals surface area (Å²) in [6, 6.07) is 14.5. The lowest BCUT2D eigenvalue weighted by atomic mass is 10.0. The molecular formula is C24H21N7. The normalized spacial score (nSPS) is 13.5. The topological polar surface area (TPSA) is 84.3 Å². The summed E-state index contributed by atoms with van der Waals surface area (Å²) in [4.78, 5) is 13.9. The lowest BCUT2D eigenvalue weighted by molar-refractivity contribution is 0.508. The van der Waals surface area contributed by atoms with E-state index < -0.39 is 0 Å². The maximum absolute atomic E-state index is 4.71. The summed E-state index contributed by atoms with van der Waals surface area (Å²) in [7, 11) is 0. The predicted molar refractivity (Wildman–Crippen MR) is 120 cm³/mol. The molecule has 2 N–H and O–H groups in total. The maximum Gasteiger partial charge on any atom is 0.123 e. The van der Waals surface area contributed by atoms with Crippen LogP contribution in [0.4, 0.5) is 0 Å². The first-order valence-corrected chi connectivity index (χ1v) is 10.4. The van der Waals surface area contributed by atoms with E-state index >= 15 is 0 Å². The van der Waals surface area contributed by atoms with E-state index in [1.807, 2.05) is 43.7 Å². The smallest absolute Gasteiger partial charge is 0.123 e. The van der Waals surface area contributed by atoms with E-state index in [1.165, 1.54) is 0 Å². The number of hydrogen-bond donors (Lipinski definition) is 2. The Morgan fingerprint density at radius 1 is 0.968 bits per heavy atom. The molecule has 5 heterocycles. The van der Waals surface area contributed by atoms with Crippen molar-refractivity contribution >= 4 is 10.9 Å². The number of nitrogens with one attached hydrogen (secondary N) is 2. The van der Waals surface area contributed by atoms with Crippen LogP contribution in [0.2, 0.25) is 0 Å². The first-order chi connectivity index (χ1) is 15.3. The van der Waals surface area contributed by atoms with Gasteiger partial charge in [0.15, 0.2) is 0 Å². The minimum atomic E-state index is 0.807. The van der Waals surface area contributed by atoms with Crippen LogP contribution in [-0.2, 0) is 13.1 Å². The molecule has 4 aromatic heterocycles. The van der Waals surface area contributed by atoms with Crippen molar-refractivity contribution in [3.8, 4) is 33.8 Å². The molecule has 0 radical (unpaired) electrons. The van der Waals surface area contributed by atoms with Crippen LogP contribution in [0.25, 0.3) is 44.7 Å². The van der Waals surface area contributed by atoms with Crippen molar-refractivity contribution in [2.75, 3.05) is 6.54 Å². The van der Waals surface area contributed by atoms with E-state index in [-0.39, 0.29) is 0 Å². The van der Waals surface area contributed by atoms with Gasteiger partial charge in [0.25, 0.3) is 0 Å². The van der Waals surface area contributed by atoms with Gasteiger partial charge in [0, 0.05) is 41.5 Å². The number of rotatable bonds is 3. The van der Waals surface area contributed by atoms with Gasteiger partial charge in [0.05, 0.1) is 41.5 Å². The first kappa shape index (κ1) is 18.0. The van der Waals surface area contributed by atoms with E-state index in [2.05, 4.69) is 54.3 Å². The van der Waals surface area contributed by atoms with Crippen molar-refractivity contribution in [2.45, 2.75) is 20.0 Å². The number of hydrogen-bond acceptors (Lipinski definition) is 5. The average Bonchev–Trinajstić information content (AvgIpc) is 3.46. The van der Waals surface area contributed by atoms with Gasteiger partial charge in [-0.1, -0.05) is 12.1 Å². The lowest BCUT2D eigenvalue weighted by Gasteiger charge is -2.17. The van der Waals surface area contributed by atoms with Crippen LogP contribution < -0.4 is 5.32 Å². The predicted octanol–water partition coefficient (Wildman–Crippen LogP) is 3.96.